The Morgan fingerprint density at radius 1 is 1.47 bits per heavy atom. The number of benzene rings is 1. The minimum Gasteiger partial charge on any atom is -0.478 e. The second-order valence-corrected chi connectivity index (χ2v) is 5.14. The lowest BCUT2D eigenvalue weighted by atomic mass is 10.1. The summed E-state index contributed by atoms with van der Waals surface area (Å²) in [6.07, 6.45) is 0. The van der Waals surface area contributed by atoms with E-state index in [1.807, 2.05) is 20.0 Å². The van der Waals surface area contributed by atoms with Crippen molar-refractivity contribution in [3.05, 3.63) is 46.9 Å². The Labute approximate surface area is 114 Å². The van der Waals surface area contributed by atoms with E-state index in [0.717, 1.165) is 16.8 Å². The quantitative estimate of drug-likeness (QED) is 0.875. The number of carboxylic acids is 1. The molecule has 1 aromatic carbocycles. The van der Waals surface area contributed by atoms with Gasteiger partial charge in [-0.15, -0.1) is 11.8 Å². The molecule has 0 aliphatic heterocycles. The molecule has 4 nitrogen and oxygen atoms in total. The third kappa shape index (κ3) is 3.14. The molecule has 100 valence electrons. The Morgan fingerprint density at radius 2 is 2.21 bits per heavy atom. The zero-order valence-electron chi connectivity index (χ0n) is 10.6. The van der Waals surface area contributed by atoms with Gasteiger partial charge in [0.1, 0.15) is 5.82 Å². The van der Waals surface area contributed by atoms with E-state index in [-0.39, 0.29) is 5.56 Å². The van der Waals surface area contributed by atoms with Crippen molar-refractivity contribution >= 4 is 17.7 Å². The number of hydrogen-bond donors (Lipinski definition) is 1. The van der Waals surface area contributed by atoms with Crippen LogP contribution in [0.2, 0.25) is 0 Å². The van der Waals surface area contributed by atoms with E-state index >= 15 is 0 Å². The standard InChI is InChI=1S/C13H13FN2O2S/c1-8-5-12(16(2)15-8)19-7-9-3-4-10(14)6-11(9)13(17)18/h3-6H,7H2,1-2H3,(H,17,18). The summed E-state index contributed by atoms with van der Waals surface area (Å²) in [6, 6.07) is 5.76. The maximum Gasteiger partial charge on any atom is 0.336 e. The number of carbonyl (C=O) groups is 1. The maximum absolute atomic E-state index is 13.1. The molecule has 0 aliphatic carbocycles. The largest absolute Gasteiger partial charge is 0.478 e. The molecule has 1 heterocycles. The van der Waals surface area contributed by atoms with Gasteiger partial charge < -0.3 is 5.11 Å². The third-order valence-corrected chi connectivity index (χ3v) is 3.77. The van der Waals surface area contributed by atoms with Crippen LogP contribution in [-0.4, -0.2) is 20.9 Å². The molecule has 0 bridgehead atoms. The van der Waals surface area contributed by atoms with Crippen LogP contribution < -0.4 is 0 Å². The van der Waals surface area contributed by atoms with Gasteiger partial charge in [0, 0.05) is 12.8 Å². The highest BCUT2D eigenvalue weighted by Crippen LogP contribution is 2.25. The van der Waals surface area contributed by atoms with Crippen molar-refractivity contribution in [3.63, 3.8) is 0 Å². The Morgan fingerprint density at radius 3 is 2.79 bits per heavy atom. The van der Waals surface area contributed by atoms with Crippen molar-refractivity contribution in [1.29, 1.82) is 0 Å². The summed E-state index contributed by atoms with van der Waals surface area (Å²) in [6.45, 7) is 1.89. The Balaban J connectivity index is 2.20. The summed E-state index contributed by atoms with van der Waals surface area (Å²) >= 11 is 1.47. The fourth-order valence-corrected chi connectivity index (χ4v) is 2.78. The van der Waals surface area contributed by atoms with Crippen LogP contribution in [0.4, 0.5) is 4.39 Å². The van der Waals surface area contributed by atoms with E-state index in [1.54, 1.807) is 4.68 Å². The number of nitrogens with zero attached hydrogens (tertiary/aromatic N) is 2. The van der Waals surface area contributed by atoms with Gasteiger partial charge in [0.2, 0.25) is 0 Å². The van der Waals surface area contributed by atoms with Crippen molar-refractivity contribution in [2.24, 2.45) is 7.05 Å². The molecule has 0 amide bonds. The Kier molecular flexibility index (Phi) is 3.90. The SMILES string of the molecule is Cc1cc(SCc2ccc(F)cc2C(=O)O)n(C)n1. The predicted molar refractivity (Wildman–Crippen MR) is 70.9 cm³/mol. The Hall–Kier alpha value is -1.82. The topological polar surface area (TPSA) is 55.1 Å². The van der Waals surface area contributed by atoms with Crippen LogP contribution in [0.1, 0.15) is 21.6 Å². The van der Waals surface area contributed by atoms with Crippen LogP contribution in [0.3, 0.4) is 0 Å². The van der Waals surface area contributed by atoms with Crippen LogP contribution >= 0.6 is 11.8 Å². The summed E-state index contributed by atoms with van der Waals surface area (Å²) in [5.74, 6) is -1.19. The molecule has 0 unspecified atom stereocenters. The molecule has 1 N–H and O–H groups in total. The lowest BCUT2D eigenvalue weighted by molar-refractivity contribution is 0.0695. The first kappa shape index (κ1) is 13.6. The molecule has 6 heteroatoms. The first-order valence-corrected chi connectivity index (χ1v) is 6.61. The van der Waals surface area contributed by atoms with Gasteiger partial charge in [-0.05, 0) is 30.7 Å². The highest BCUT2D eigenvalue weighted by Gasteiger charge is 2.12. The first-order chi connectivity index (χ1) is 8.97. The molecular weight excluding hydrogens is 267 g/mol. The van der Waals surface area contributed by atoms with Crippen molar-refractivity contribution in [3.8, 4) is 0 Å². The molecule has 0 fully saturated rings. The zero-order chi connectivity index (χ0) is 14.0. The molecule has 0 saturated carbocycles. The van der Waals surface area contributed by atoms with Gasteiger partial charge in [-0.3, -0.25) is 4.68 Å². The van der Waals surface area contributed by atoms with Crippen LogP contribution in [-0.2, 0) is 12.8 Å². The number of aromatic nitrogens is 2. The van der Waals surface area contributed by atoms with E-state index in [1.165, 1.54) is 23.9 Å². The van der Waals surface area contributed by atoms with Gasteiger partial charge in [0.25, 0.3) is 0 Å². The minimum absolute atomic E-state index is 0.00592. The van der Waals surface area contributed by atoms with E-state index in [4.69, 9.17) is 5.11 Å². The van der Waals surface area contributed by atoms with Crippen molar-refractivity contribution in [1.82, 2.24) is 9.78 Å². The first-order valence-electron chi connectivity index (χ1n) is 5.62. The molecule has 0 radical (unpaired) electrons. The molecule has 1 aromatic heterocycles. The van der Waals surface area contributed by atoms with E-state index in [9.17, 15) is 9.18 Å². The summed E-state index contributed by atoms with van der Waals surface area (Å²) in [5, 5.41) is 14.2. The minimum atomic E-state index is -1.11. The summed E-state index contributed by atoms with van der Waals surface area (Å²) in [4.78, 5) is 11.1. The van der Waals surface area contributed by atoms with Crippen molar-refractivity contribution in [2.45, 2.75) is 17.7 Å². The molecule has 2 aromatic rings. The zero-order valence-corrected chi connectivity index (χ0v) is 11.4. The number of aromatic carboxylic acids is 1. The van der Waals surface area contributed by atoms with E-state index in [2.05, 4.69) is 5.10 Å². The molecule has 19 heavy (non-hydrogen) atoms. The van der Waals surface area contributed by atoms with Gasteiger partial charge in [0.05, 0.1) is 16.3 Å². The van der Waals surface area contributed by atoms with Gasteiger partial charge in [-0.2, -0.15) is 5.10 Å². The summed E-state index contributed by atoms with van der Waals surface area (Å²) < 4.78 is 14.8. The van der Waals surface area contributed by atoms with Gasteiger partial charge in [-0.25, -0.2) is 9.18 Å². The van der Waals surface area contributed by atoms with E-state index in [0.29, 0.717) is 11.3 Å². The normalized spacial score (nSPS) is 10.7. The van der Waals surface area contributed by atoms with Crippen LogP contribution in [0.15, 0.2) is 29.3 Å². The monoisotopic (exact) mass is 280 g/mol. The smallest absolute Gasteiger partial charge is 0.336 e. The molecule has 0 atom stereocenters. The maximum atomic E-state index is 13.1. The number of rotatable bonds is 4. The number of hydrogen-bond acceptors (Lipinski definition) is 3. The van der Waals surface area contributed by atoms with Gasteiger partial charge >= 0.3 is 5.97 Å². The fourth-order valence-electron chi connectivity index (χ4n) is 1.75. The summed E-state index contributed by atoms with van der Waals surface area (Å²) in [5.41, 5.74) is 1.51. The van der Waals surface area contributed by atoms with Crippen LogP contribution in [0, 0.1) is 12.7 Å². The average Bonchev–Trinajstić information content (AvgIpc) is 2.66. The van der Waals surface area contributed by atoms with Gasteiger partial charge in [-0.1, -0.05) is 6.07 Å². The number of thioether (sulfide) groups is 1. The van der Waals surface area contributed by atoms with Crippen LogP contribution in [0.25, 0.3) is 0 Å². The summed E-state index contributed by atoms with van der Waals surface area (Å²) in [7, 11) is 1.83. The highest BCUT2D eigenvalue weighted by atomic mass is 32.2. The number of aryl methyl sites for hydroxylation is 2. The highest BCUT2D eigenvalue weighted by molar-refractivity contribution is 7.98. The van der Waals surface area contributed by atoms with Crippen molar-refractivity contribution in [2.75, 3.05) is 0 Å². The van der Waals surface area contributed by atoms with Gasteiger partial charge in [0.15, 0.2) is 0 Å². The van der Waals surface area contributed by atoms with Crippen LogP contribution in [0.5, 0.6) is 0 Å². The fraction of sp³-hybridized carbons (Fsp3) is 0.231. The third-order valence-electron chi connectivity index (χ3n) is 2.64. The predicted octanol–water partition coefficient (Wildman–Crippen LogP) is 2.86. The average molecular weight is 280 g/mol. The second kappa shape index (κ2) is 5.44. The second-order valence-electron chi connectivity index (χ2n) is 4.14. The van der Waals surface area contributed by atoms with E-state index < -0.39 is 11.8 Å². The lowest BCUT2D eigenvalue weighted by Crippen LogP contribution is -2.02. The Bertz CT molecular complexity index is 625. The number of halogens is 1. The molecule has 2 rings (SSSR count). The molecule has 0 aliphatic rings. The lowest BCUT2D eigenvalue weighted by Gasteiger charge is -2.06. The van der Waals surface area contributed by atoms with Crippen molar-refractivity contribution < 1.29 is 14.3 Å². The number of carboxylic acid groups (broad SMARTS) is 1. The molecule has 0 saturated heterocycles. The molecular formula is C13H13FN2O2S. The molecule has 0 spiro atoms.